The summed E-state index contributed by atoms with van der Waals surface area (Å²) in [6.07, 6.45) is -3.71. The van der Waals surface area contributed by atoms with Gasteiger partial charge in [-0.3, -0.25) is 9.89 Å². The van der Waals surface area contributed by atoms with Gasteiger partial charge in [0.15, 0.2) is 11.3 Å². The quantitative estimate of drug-likeness (QED) is 0.771. The van der Waals surface area contributed by atoms with Crippen molar-refractivity contribution in [1.29, 1.82) is 0 Å². The second-order valence-corrected chi connectivity index (χ2v) is 3.32. The third-order valence-electron chi connectivity index (χ3n) is 2.19. The number of H-pyrrole nitrogens is 1. The number of esters is 1. The Hall–Kier alpha value is -2.32. The second-order valence-electron chi connectivity index (χ2n) is 3.32. The third-order valence-corrected chi connectivity index (χ3v) is 2.19. The molecule has 2 aromatic heterocycles. The van der Waals surface area contributed by atoms with Gasteiger partial charge >= 0.3 is 12.1 Å². The van der Waals surface area contributed by atoms with Gasteiger partial charge in [-0.15, -0.1) is 0 Å². The molecule has 0 aromatic carbocycles. The van der Waals surface area contributed by atoms with Crippen molar-refractivity contribution in [3.8, 4) is 0 Å². The van der Waals surface area contributed by atoms with Crippen molar-refractivity contribution in [2.75, 3.05) is 7.11 Å². The lowest BCUT2D eigenvalue weighted by molar-refractivity contribution is -0.141. The molecule has 0 bridgehead atoms. The maximum Gasteiger partial charge on any atom is 0.433 e. The van der Waals surface area contributed by atoms with Crippen LogP contribution in [0.3, 0.4) is 0 Å². The number of aromatic nitrogens is 3. The van der Waals surface area contributed by atoms with Gasteiger partial charge in [-0.25, -0.2) is 14.3 Å². The molecule has 0 saturated heterocycles. The van der Waals surface area contributed by atoms with E-state index >= 15 is 0 Å². The molecule has 2 rings (SSSR count). The zero-order chi connectivity index (χ0) is 13.5. The molecule has 96 valence electrons. The fourth-order valence-electron chi connectivity index (χ4n) is 1.39. The van der Waals surface area contributed by atoms with E-state index in [1.807, 2.05) is 0 Å². The number of fused-ring (bicyclic) bond motifs is 1. The fraction of sp³-hybridized carbons (Fsp3) is 0.222. The first-order chi connectivity index (χ1) is 8.34. The van der Waals surface area contributed by atoms with Gasteiger partial charge in [0.05, 0.1) is 7.11 Å². The number of hydrogen-bond acceptors (Lipinski definition) is 4. The minimum Gasteiger partial charge on any atom is -0.465 e. The average Bonchev–Trinajstić information content (AvgIpc) is 2.71. The van der Waals surface area contributed by atoms with Crippen LogP contribution >= 0.6 is 0 Å². The topological polar surface area (TPSA) is 76.5 Å². The minimum absolute atomic E-state index is 0.249. The van der Waals surface area contributed by atoms with Crippen LogP contribution in [0.1, 0.15) is 16.1 Å². The van der Waals surface area contributed by atoms with Crippen LogP contribution in [0.15, 0.2) is 17.1 Å². The molecule has 0 aliphatic carbocycles. The van der Waals surface area contributed by atoms with Crippen molar-refractivity contribution in [3.05, 3.63) is 33.9 Å². The summed E-state index contributed by atoms with van der Waals surface area (Å²) < 4.78 is 42.5. The van der Waals surface area contributed by atoms with Crippen molar-refractivity contribution < 1.29 is 22.7 Å². The maximum atomic E-state index is 12.5. The number of carbonyl (C=O) groups excluding carboxylic acids is 1. The number of nitrogens with one attached hydrogen (secondary N) is 1. The van der Waals surface area contributed by atoms with Crippen LogP contribution in [0, 0.1) is 0 Å². The highest BCUT2D eigenvalue weighted by Crippen LogP contribution is 2.27. The van der Waals surface area contributed by atoms with Crippen LogP contribution < -0.4 is 5.56 Å². The summed E-state index contributed by atoms with van der Waals surface area (Å²) in [5, 5.41) is 2.32. The van der Waals surface area contributed by atoms with Crippen molar-refractivity contribution in [3.63, 3.8) is 0 Å². The summed E-state index contributed by atoms with van der Waals surface area (Å²) in [4.78, 5) is 25.9. The first kappa shape index (κ1) is 12.1. The van der Waals surface area contributed by atoms with Gasteiger partial charge in [0.25, 0.3) is 5.56 Å². The summed E-state index contributed by atoms with van der Waals surface area (Å²) in [6.45, 7) is 0. The highest BCUT2D eigenvalue weighted by atomic mass is 19.4. The predicted octanol–water partition coefficient (Wildman–Crippen LogP) is 0.828. The molecule has 0 aliphatic rings. The lowest BCUT2D eigenvalue weighted by Crippen LogP contribution is -2.20. The smallest absolute Gasteiger partial charge is 0.433 e. The maximum absolute atomic E-state index is 12.5. The molecule has 0 fully saturated rings. The molecule has 0 amide bonds. The summed E-state index contributed by atoms with van der Waals surface area (Å²) in [7, 11) is 1.07. The highest BCUT2D eigenvalue weighted by Gasteiger charge is 2.34. The largest absolute Gasteiger partial charge is 0.465 e. The minimum atomic E-state index is -4.77. The number of aromatic amines is 1. The van der Waals surface area contributed by atoms with Crippen molar-refractivity contribution in [2.24, 2.45) is 0 Å². The molecule has 6 nitrogen and oxygen atoms in total. The molecule has 0 radical (unpaired) electrons. The Balaban J connectivity index is 2.77. The van der Waals surface area contributed by atoms with Crippen LogP contribution in [0.5, 0.6) is 0 Å². The molecule has 0 aliphatic heterocycles. The number of ether oxygens (including phenoxy) is 1. The Bertz CT molecular complexity index is 671. The van der Waals surface area contributed by atoms with E-state index in [4.69, 9.17) is 0 Å². The molecule has 0 saturated carbocycles. The molecule has 2 heterocycles. The SMILES string of the molecule is COC(=O)c1c[nH]n2c(=O)cc(C(F)(F)F)nc12. The summed E-state index contributed by atoms with van der Waals surface area (Å²) >= 11 is 0. The van der Waals surface area contributed by atoms with Crippen LogP contribution in [-0.2, 0) is 10.9 Å². The first-order valence-electron chi connectivity index (χ1n) is 4.61. The normalized spacial score (nSPS) is 11.8. The van der Waals surface area contributed by atoms with E-state index in [1.54, 1.807) is 0 Å². The number of halogens is 3. The number of alkyl halides is 3. The molecule has 18 heavy (non-hydrogen) atoms. The van der Waals surface area contributed by atoms with Crippen molar-refractivity contribution >= 4 is 11.6 Å². The van der Waals surface area contributed by atoms with Gasteiger partial charge in [-0.05, 0) is 0 Å². The third kappa shape index (κ3) is 1.83. The lowest BCUT2D eigenvalue weighted by Gasteiger charge is -2.05. The number of carbonyl (C=O) groups is 1. The molecule has 0 unspecified atom stereocenters. The molecule has 9 heteroatoms. The number of nitrogens with zero attached hydrogens (tertiary/aromatic N) is 2. The molecule has 2 aromatic rings. The van der Waals surface area contributed by atoms with Gasteiger partial charge in [0.2, 0.25) is 0 Å². The van der Waals surface area contributed by atoms with Crippen molar-refractivity contribution in [1.82, 2.24) is 14.6 Å². The predicted molar refractivity (Wildman–Crippen MR) is 52.2 cm³/mol. The molecular weight excluding hydrogens is 255 g/mol. The van der Waals surface area contributed by atoms with Gasteiger partial charge in [0, 0.05) is 12.3 Å². The van der Waals surface area contributed by atoms with E-state index in [0.29, 0.717) is 6.07 Å². The summed E-state index contributed by atoms with van der Waals surface area (Å²) in [5.41, 5.74) is -3.01. The van der Waals surface area contributed by atoms with E-state index < -0.39 is 29.0 Å². The summed E-state index contributed by atoms with van der Waals surface area (Å²) in [6, 6.07) is 0.338. The zero-order valence-electron chi connectivity index (χ0n) is 8.91. The standard InChI is InChI=1S/C9H6F3N3O3/c1-18-8(17)4-3-13-15-6(16)2-5(9(10,11)12)14-7(4)15/h2-3,13H,1H3. The van der Waals surface area contributed by atoms with Crippen LogP contribution in [0.2, 0.25) is 0 Å². The Labute approximate surface area is 97.0 Å². The van der Waals surface area contributed by atoms with E-state index in [1.165, 1.54) is 0 Å². The Morgan fingerprint density at radius 3 is 2.72 bits per heavy atom. The Morgan fingerprint density at radius 1 is 1.50 bits per heavy atom. The molecule has 0 spiro atoms. The second kappa shape index (κ2) is 3.86. The van der Waals surface area contributed by atoms with Crippen LogP contribution in [-0.4, -0.2) is 27.7 Å². The Morgan fingerprint density at radius 2 is 2.17 bits per heavy atom. The average molecular weight is 261 g/mol. The molecular formula is C9H6F3N3O3. The highest BCUT2D eigenvalue weighted by molar-refractivity contribution is 5.95. The Kier molecular flexibility index (Phi) is 2.60. The molecule has 1 N–H and O–H groups in total. The summed E-state index contributed by atoms with van der Waals surface area (Å²) in [5.74, 6) is -0.889. The van der Waals surface area contributed by atoms with Gasteiger partial charge in [-0.2, -0.15) is 13.2 Å². The van der Waals surface area contributed by atoms with E-state index in [9.17, 15) is 22.8 Å². The van der Waals surface area contributed by atoms with E-state index in [2.05, 4.69) is 14.8 Å². The lowest BCUT2D eigenvalue weighted by atomic mass is 10.3. The van der Waals surface area contributed by atoms with Crippen LogP contribution in [0.25, 0.3) is 5.65 Å². The van der Waals surface area contributed by atoms with Crippen LogP contribution in [0.4, 0.5) is 13.2 Å². The van der Waals surface area contributed by atoms with Gasteiger partial charge in [0.1, 0.15) is 5.56 Å². The van der Waals surface area contributed by atoms with Gasteiger partial charge in [-0.1, -0.05) is 0 Å². The number of rotatable bonds is 1. The number of methoxy groups -OCH3 is 1. The van der Waals surface area contributed by atoms with Gasteiger partial charge < -0.3 is 4.74 Å². The zero-order valence-corrected chi connectivity index (χ0v) is 8.91. The monoisotopic (exact) mass is 261 g/mol. The molecule has 0 atom stereocenters. The van der Waals surface area contributed by atoms with E-state index in [-0.39, 0.29) is 5.56 Å². The fourth-order valence-corrected chi connectivity index (χ4v) is 1.39. The first-order valence-corrected chi connectivity index (χ1v) is 4.61. The van der Waals surface area contributed by atoms with E-state index in [0.717, 1.165) is 17.8 Å². The number of hydrogen-bond donors (Lipinski definition) is 1. The van der Waals surface area contributed by atoms with Crippen molar-refractivity contribution in [2.45, 2.75) is 6.18 Å².